The average Bonchev–Trinajstić information content (AvgIpc) is 3.07. The Labute approximate surface area is 305 Å². The Kier molecular flexibility index (Phi) is 14.5. The van der Waals surface area contributed by atoms with Crippen LogP contribution in [-0.2, 0) is 36.8 Å². The van der Waals surface area contributed by atoms with Crippen molar-refractivity contribution in [2.45, 2.75) is 56.9 Å². The number of methoxy groups -OCH3 is 1. The number of amides is 4. The molecule has 4 N–H and O–H groups in total. The summed E-state index contributed by atoms with van der Waals surface area (Å²) >= 11 is 12.2. The van der Waals surface area contributed by atoms with Crippen LogP contribution in [0.2, 0.25) is 10.0 Å². The van der Waals surface area contributed by atoms with Crippen molar-refractivity contribution in [3.8, 4) is 5.75 Å². The molecule has 0 saturated carbocycles. The SMILES string of the molecule is COc1ccc(C(NC(=O)C(Cc2cccc(Cl)c2)NC(=O)Cc2cccc(Cl)c2)C(=O)NC(C(=O)C(F)(F)C(=O)NCC(F)(F)F)C(C)C)cc1. The number of ether oxygens (including phenoxy) is 1. The molecule has 0 aliphatic heterocycles. The lowest BCUT2D eigenvalue weighted by Gasteiger charge is -2.28. The lowest BCUT2D eigenvalue weighted by Crippen LogP contribution is -2.58. The zero-order valence-corrected chi connectivity index (χ0v) is 29.5. The van der Waals surface area contributed by atoms with Gasteiger partial charge >= 0.3 is 12.1 Å². The average molecular weight is 774 g/mol. The van der Waals surface area contributed by atoms with E-state index in [-0.39, 0.29) is 18.4 Å². The molecule has 4 amide bonds. The first-order valence-electron chi connectivity index (χ1n) is 15.6. The van der Waals surface area contributed by atoms with E-state index in [2.05, 4.69) is 16.0 Å². The molecule has 3 aromatic carbocycles. The van der Waals surface area contributed by atoms with Crippen molar-refractivity contribution in [1.29, 1.82) is 0 Å². The van der Waals surface area contributed by atoms with E-state index in [0.717, 1.165) is 5.32 Å². The van der Waals surface area contributed by atoms with Crippen LogP contribution in [0.25, 0.3) is 0 Å². The van der Waals surface area contributed by atoms with Crippen molar-refractivity contribution in [3.63, 3.8) is 0 Å². The van der Waals surface area contributed by atoms with Gasteiger partial charge in [0.05, 0.1) is 19.6 Å². The van der Waals surface area contributed by atoms with Crippen LogP contribution in [0.1, 0.15) is 36.6 Å². The van der Waals surface area contributed by atoms with E-state index >= 15 is 0 Å². The second-order valence-corrected chi connectivity index (χ2v) is 12.8. The predicted molar refractivity (Wildman–Crippen MR) is 182 cm³/mol. The van der Waals surface area contributed by atoms with Gasteiger partial charge in [0.25, 0.3) is 5.91 Å². The number of ketones is 1. The van der Waals surface area contributed by atoms with E-state index in [0.29, 0.717) is 26.9 Å². The topological polar surface area (TPSA) is 143 Å². The summed E-state index contributed by atoms with van der Waals surface area (Å²) in [5.74, 6) is -13.1. The van der Waals surface area contributed by atoms with Crippen molar-refractivity contribution in [3.05, 3.63) is 99.5 Å². The summed E-state index contributed by atoms with van der Waals surface area (Å²) in [6, 6.07) is 13.4. The summed E-state index contributed by atoms with van der Waals surface area (Å²) < 4.78 is 72.6. The number of rotatable bonds is 16. The van der Waals surface area contributed by atoms with Gasteiger partial charge in [-0.05, 0) is 59.0 Å². The van der Waals surface area contributed by atoms with Gasteiger partial charge in [-0.25, -0.2) is 0 Å². The highest BCUT2D eigenvalue weighted by Crippen LogP contribution is 2.24. The Balaban J connectivity index is 1.94. The largest absolute Gasteiger partial charge is 0.497 e. The zero-order chi connectivity index (χ0) is 38.8. The van der Waals surface area contributed by atoms with Gasteiger partial charge in [-0.15, -0.1) is 0 Å². The fourth-order valence-electron chi connectivity index (χ4n) is 4.90. The van der Waals surface area contributed by atoms with Gasteiger partial charge < -0.3 is 26.0 Å². The first-order chi connectivity index (χ1) is 24.3. The van der Waals surface area contributed by atoms with E-state index in [1.165, 1.54) is 45.2 Å². The molecule has 0 aromatic heterocycles. The maximum Gasteiger partial charge on any atom is 0.405 e. The number of carbonyl (C=O) groups excluding carboxylic acids is 5. The summed E-state index contributed by atoms with van der Waals surface area (Å²) in [5, 5.41) is 8.95. The van der Waals surface area contributed by atoms with Crippen LogP contribution in [-0.4, -0.2) is 67.2 Å². The highest BCUT2D eigenvalue weighted by Gasteiger charge is 2.52. The van der Waals surface area contributed by atoms with Crippen molar-refractivity contribution < 1.29 is 50.7 Å². The Morgan fingerprint density at radius 2 is 1.35 bits per heavy atom. The molecule has 0 bridgehead atoms. The van der Waals surface area contributed by atoms with Crippen molar-refractivity contribution >= 4 is 52.6 Å². The molecule has 280 valence electrons. The van der Waals surface area contributed by atoms with Gasteiger partial charge in [0.2, 0.25) is 23.5 Å². The maximum absolute atomic E-state index is 14.9. The third-order valence-electron chi connectivity index (χ3n) is 7.52. The molecule has 17 heteroatoms. The molecule has 3 aromatic rings. The summed E-state index contributed by atoms with van der Waals surface area (Å²) in [6.45, 7) is 0.388. The summed E-state index contributed by atoms with van der Waals surface area (Å²) in [6.07, 6.45) is -5.33. The summed E-state index contributed by atoms with van der Waals surface area (Å²) in [4.78, 5) is 65.8. The van der Waals surface area contributed by atoms with Crippen LogP contribution in [0.3, 0.4) is 0 Å². The van der Waals surface area contributed by atoms with Gasteiger partial charge in [-0.2, -0.15) is 22.0 Å². The predicted octanol–water partition coefficient (Wildman–Crippen LogP) is 5.15. The van der Waals surface area contributed by atoms with Gasteiger partial charge in [0, 0.05) is 16.5 Å². The van der Waals surface area contributed by atoms with Gasteiger partial charge in [-0.3, -0.25) is 24.0 Å². The minimum atomic E-state index is -5.04. The number of halogens is 7. The van der Waals surface area contributed by atoms with Crippen LogP contribution in [0.4, 0.5) is 22.0 Å². The minimum absolute atomic E-state index is 0.0862. The Morgan fingerprint density at radius 1 is 0.769 bits per heavy atom. The lowest BCUT2D eigenvalue weighted by atomic mass is 9.94. The molecule has 0 aliphatic carbocycles. The molecule has 0 heterocycles. The fourth-order valence-corrected chi connectivity index (χ4v) is 5.32. The second kappa shape index (κ2) is 18.1. The van der Waals surface area contributed by atoms with Crippen molar-refractivity contribution in [2.75, 3.05) is 13.7 Å². The fraction of sp³-hybridized carbons (Fsp3) is 0.343. The van der Waals surface area contributed by atoms with Gasteiger partial charge in [0.1, 0.15) is 24.4 Å². The van der Waals surface area contributed by atoms with E-state index in [1.54, 1.807) is 48.5 Å². The molecule has 10 nitrogen and oxygen atoms in total. The molecular weight excluding hydrogens is 738 g/mol. The molecular formula is C35H35Cl2F5N4O6. The summed E-state index contributed by atoms with van der Waals surface area (Å²) in [7, 11) is 1.37. The van der Waals surface area contributed by atoms with E-state index in [1.807, 2.05) is 0 Å². The first kappa shape index (κ1) is 41.7. The molecule has 3 unspecified atom stereocenters. The number of hydrogen-bond donors (Lipinski definition) is 4. The summed E-state index contributed by atoms with van der Waals surface area (Å²) in [5.41, 5.74) is 1.15. The number of alkyl halides is 5. The Morgan fingerprint density at radius 3 is 1.88 bits per heavy atom. The molecule has 3 atom stereocenters. The third kappa shape index (κ3) is 12.2. The van der Waals surface area contributed by atoms with E-state index in [4.69, 9.17) is 27.9 Å². The third-order valence-corrected chi connectivity index (χ3v) is 7.99. The van der Waals surface area contributed by atoms with Crippen LogP contribution in [0.15, 0.2) is 72.8 Å². The van der Waals surface area contributed by atoms with Gasteiger partial charge in [0.15, 0.2) is 0 Å². The van der Waals surface area contributed by atoms with Crippen LogP contribution in [0.5, 0.6) is 5.75 Å². The highest BCUT2D eigenvalue weighted by atomic mass is 35.5. The molecule has 0 fully saturated rings. The molecule has 0 aliphatic rings. The van der Waals surface area contributed by atoms with Crippen molar-refractivity contribution in [1.82, 2.24) is 21.3 Å². The number of carbonyl (C=O) groups is 5. The van der Waals surface area contributed by atoms with E-state index in [9.17, 15) is 45.9 Å². The molecule has 3 rings (SSSR count). The Bertz CT molecular complexity index is 1760. The highest BCUT2D eigenvalue weighted by molar-refractivity contribution is 6.31. The monoisotopic (exact) mass is 772 g/mol. The number of Topliss-reactive ketones (excluding diaryl/α,β-unsaturated/α-hetero) is 1. The molecule has 0 spiro atoms. The van der Waals surface area contributed by atoms with E-state index < -0.39 is 72.1 Å². The van der Waals surface area contributed by atoms with Crippen molar-refractivity contribution in [2.24, 2.45) is 5.92 Å². The molecule has 52 heavy (non-hydrogen) atoms. The Hall–Kier alpha value is -4.76. The number of nitrogens with one attached hydrogen (secondary N) is 4. The quantitative estimate of drug-likeness (QED) is 0.117. The van der Waals surface area contributed by atoms with Crippen LogP contribution < -0.4 is 26.0 Å². The minimum Gasteiger partial charge on any atom is -0.497 e. The van der Waals surface area contributed by atoms with Crippen LogP contribution >= 0.6 is 23.2 Å². The maximum atomic E-state index is 14.9. The van der Waals surface area contributed by atoms with Gasteiger partial charge in [-0.1, -0.05) is 73.4 Å². The molecule has 0 radical (unpaired) electrons. The lowest BCUT2D eigenvalue weighted by molar-refractivity contribution is -0.165. The second-order valence-electron chi connectivity index (χ2n) is 11.9. The normalized spacial score (nSPS) is 13.4. The molecule has 0 saturated heterocycles. The smallest absolute Gasteiger partial charge is 0.405 e. The standard InChI is InChI=1S/C35H35Cl2F5N4O6/c1-19(2)28(30(48)35(41,42)33(51)43-18-34(38,39)40)45-32(50)29(22-10-12-25(52-3)13-11-22)46-31(49)26(16-20-6-4-8-23(36)14-20)44-27(47)17-21-7-5-9-24(37)15-21/h4-15,19,26,28-29H,16-18H2,1-3H3,(H,43,51)(H,44,47)(H,45,50)(H,46,49). The first-order valence-corrected chi connectivity index (χ1v) is 16.4. The zero-order valence-electron chi connectivity index (χ0n) is 28.0. The number of benzene rings is 3. The number of hydrogen-bond acceptors (Lipinski definition) is 6. The van der Waals surface area contributed by atoms with Crippen LogP contribution in [0, 0.1) is 5.92 Å².